The van der Waals surface area contributed by atoms with Crippen LogP contribution in [0, 0.1) is 19.8 Å². The first-order chi connectivity index (χ1) is 35.2. The molecule has 72 heavy (non-hydrogen) atoms. The van der Waals surface area contributed by atoms with Crippen LogP contribution >= 0.6 is 23.5 Å². The molecule has 5 nitrogen and oxygen atoms in total. The first kappa shape index (κ1) is 50.2. The van der Waals surface area contributed by atoms with Crippen molar-refractivity contribution in [1.82, 2.24) is 10.2 Å². The number of hydrogen-bond donors (Lipinski definition) is 1. The summed E-state index contributed by atoms with van der Waals surface area (Å²) in [5.41, 5.74) is 14.0. The van der Waals surface area contributed by atoms with Crippen LogP contribution in [0.15, 0.2) is 218 Å². The SMILES string of the molecule is Cc1ccc(C(SCCN(CCSC(c2ccccc2)(c2ccccc2)c2ccc(C)cc2)C(=O)[C@H](CC(C)C)NC(=O)OCC2c3ccccc3-c3ccccc32)(c2ccccc2)c2ccccc2)cc1. The maximum absolute atomic E-state index is 15.5. The number of carbonyl (C=O) groups excluding carboxylic acids is 2. The van der Waals surface area contributed by atoms with Crippen LogP contribution in [0.2, 0.25) is 0 Å². The van der Waals surface area contributed by atoms with E-state index < -0.39 is 21.6 Å². The largest absolute Gasteiger partial charge is 0.449 e. The predicted molar refractivity (Wildman–Crippen MR) is 301 cm³/mol. The third-order valence-corrected chi connectivity index (χ3v) is 17.0. The summed E-state index contributed by atoms with van der Waals surface area (Å²) in [4.78, 5) is 31.7. The van der Waals surface area contributed by atoms with Gasteiger partial charge in [-0.1, -0.05) is 243 Å². The van der Waals surface area contributed by atoms with Gasteiger partial charge in [0.25, 0.3) is 0 Å². The zero-order valence-corrected chi connectivity index (χ0v) is 43.4. The number of thioether (sulfide) groups is 2. The molecule has 2 amide bonds. The van der Waals surface area contributed by atoms with Crippen molar-refractivity contribution in [2.24, 2.45) is 5.92 Å². The monoisotopic (exact) mass is 984 g/mol. The highest BCUT2D eigenvalue weighted by Gasteiger charge is 2.40. The molecule has 0 aromatic heterocycles. The molecule has 364 valence electrons. The van der Waals surface area contributed by atoms with Crippen molar-refractivity contribution in [2.45, 2.75) is 55.6 Å². The molecule has 1 atom stereocenters. The van der Waals surface area contributed by atoms with Gasteiger partial charge in [0.1, 0.15) is 12.6 Å². The summed E-state index contributed by atoms with van der Waals surface area (Å²) in [5, 5.41) is 3.11. The predicted octanol–water partition coefficient (Wildman–Crippen LogP) is 14.8. The quantitative estimate of drug-likeness (QED) is 0.0771. The van der Waals surface area contributed by atoms with Gasteiger partial charge in [0.2, 0.25) is 5.91 Å². The van der Waals surface area contributed by atoms with Gasteiger partial charge in [0, 0.05) is 30.5 Å². The summed E-state index contributed by atoms with van der Waals surface area (Å²) in [7, 11) is 0. The number of amides is 2. The molecule has 1 N–H and O–H groups in total. The van der Waals surface area contributed by atoms with Crippen LogP contribution in [-0.2, 0) is 19.0 Å². The van der Waals surface area contributed by atoms with E-state index in [0.29, 0.717) is 31.0 Å². The maximum Gasteiger partial charge on any atom is 0.407 e. The lowest BCUT2D eigenvalue weighted by Crippen LogP contribution is -2.50. The summed E-state index contributed by atoms with van der Waals surface area (Å²) < 4.78 is 4.97. The number of nitrogens with zero attached hydrogens (tertiary/aromatic N) is 1. The van der Waals surface area contributed by atoms with Gasteiger partial charge in [-0.2, -0.15) is 0 Å². The summed E-state index contributed by atoms with van der Waals surface area (Å²) in [6, 6.07) is 76.5. The van der Waals surface area contributed by atoms with Crippen LogP contribution in [-0.4, -0.2) is 54.1 Å². The number of aryl methyl sites for hydroxylation is 2. The topological polar surface area (TPSA) is 58.6 Å². The van der Waals surface area contributed by atoms with E-state index in [-0.39, 0.29) is 24.3 Å². The Labute approximate surface area is 435 Å². The number of benzene rings is 8. The minimum atomic E-state index is -0.800. The fraction of sp³-hybridized carbons (Fsp3) is 0.231. The molecule has 0 heterocycles. The number of nitrogens with one attached hydrogen (secondary N) is 1. The van der Waals surface area contributed by atoms with Crippen molar-refractivity contribution in [1.29, 1.82) is 0 Å². The van der Waals surface area contributed by atoms with E-state index >= 15 is 4.79 Å². The Morgan fingerprint density at radius 2 is 0.847 bits per heavy atom. The summed E-state index contributed by atoms with van der Waals surface area (Å²) >= 11 is 3.70. The van der Waals surface area contributed by atoms with Gasteiger partial charge in [-0.25, -0.2) is 4.79 Å². The molecule has 0 aliphatic heterocycles. The molecule has 0 radical (unpaired) electrons. The molecular formula is C65H64N2O3S2. The molecule has 1 aliphatic rings. The normalized spacial score (nSPS) is 12.7. The molecule has 0 unspecified atom stereocenters. The standard InChI is InChI=1S/C65H64N2O3S2/c1-47(2)45-61(66-63(69)70-46-60-58-31-19-17-29-56(58)57-30-18-20-32-59(57)60)62(68)67(41-43-71-64(50-21-9-5-10-22-50,51-23-11-6-12-24-51)54-37-33-48(3)34-38-54)42-44-72-65(52-25-13-7-14-26-52,53-27-15-8-16-28-53)55-39-35-49(4)36-40-55/h5-40,47,60-61H,41-46H2,1-4H3,(H,66,69)/t61-/m0/s1. The van der Waals surface area contributed by atoms with Crippen molar-refractivity contribution >= 4 is 35.5 Å². The number of alkyl carbamates (subject to hydrolysis) is 1. The van der Waals surface area contributed by atoms with Crippen molar-refractivity contribution in [3.05, 3.63) is 274 Å². The van der Waals surface area contributed by atoms with Gasteiger partial charge in [0.15, 0.2) is 0 Å². The first-order valence-electron chi connectivity index (χ1n) is 25.2. The Kier molecular flexibility index (Phi) is 16.1. The first-order valence-corrected chi connectivity index (χ1v) is 27.2. The van der Waals surface area contributed by atoms with Crippen LogP contribution in [0.1, 0.15) is 81.8 Å². The van der Waals surface area contributed by atoms with Gasteiger partial charge in [0.05, 0.1) is 9.49 Å². The maximum atomic E-state index is 15.5. The van der Waals surface area contributed by atoms with E-state index in [2.05, 4.69) is 227 Å². The highest BCUT2D eigenvalue weighted by Crippen LogP contribution is 2.50. The van der Waals surface area contributed by atoms with Crippen molar-refractivity contribution in [2.75, 3.05) is 31.2 Å². The van der Waals surface area contributed by atoms with Crippen molar-refractivity contribution in [3.63, 3.8) is 0 Å². The molecule has 0 saturated heterocycles. The summed E-state index contributed by atoms with van der Waals surface area (Å²) in [5.74, 6) is 1.15. The lowest BCUT2D eigenvalue weighted by atomic mass is 9.84. The van der Waals surface area contributed by atoms with E-state index in [9.17, 15) is 4.79 Å². The lowest BCUT2D eigenvalue weighted by Gasteiger charge is -2.38. The molecule has 1 aliphatic carbocycles. The van der Waals surface area contributed by atoms with E-state index in [4.69, 9.17) is 4.74 Å². The minimum Gasteiger partial charge on any atom is -0.449 e. The molecule has 8 aromatic rings. The van der Waals surface area contributed by atoms with E-state index in [1.54, 1.807) is 0 Å². The van der Waals surface area contributed by atoms with Gasteiger partial charge in [-0.05, 0) is 81.8 Å². The second kappa shape index (κ2) is 23.2. The molecule has 0 saturated carbocycles. The number of ether oxygens (including phenoxy) is 1. The molecule has 7 heteroatoms. The van der Waals surface area contributed by atoms with Crippen LogP contribution in [0.25, 0.3) is 11.1 Å². The third-order valence-electron chi connectivity index (χ3n) is 13.9. The highest BCUT2D eigenvalue weighted by atomic mass is 32.2. The van der Waals surface area contributed by atoms with Crippen molar-refractivity contribution < 1.29 is 14.3 Å². The Hall–Kier alpha value is -6.80. The number of fused-ring (bicyclic) bond motifs is 3. The van der Waals surface area contributed by atoms with Gasteiger partial charge < -0.3 is 15.0 Å². The molecule has 0 fully saturated rings. The second-order valence-corrected chi connectivity index (χ2v) is 21.9. The van der Waals surface area contributed by atoms with E-state index in [0.717, 1.165) is 11.1 Å². The minimum absolute atomic E-state index is 0.0981. The molecule has 0 spiro atoms. The molecular weight excluding hydrogens is 921 g/mol. The average molecular weight is 985 g/mol. The summed E-state index contributed by atoms with van der Waals surface area (Å²) in [6.45, 7) is 9.51. The lowest BCUT2D eigenvalue weighted by molar-refractivity contribution is -0.133. The molecule has 9 rings (SSSR count). The molecule has 8 aromatic carbocycles. The van der Waals surface area contributed by atoms with Gasteiger partial charge in [-0.3, -0.25) is 4.79 Å². The van der Waals surface area contributed by atoms with E-state index in [1.807, 2.05) is 52.7 Å². The van der Waals surface area contributed by atoms with Crippen LogP contribution in [0.5, 0.6) is 0 Å². The third kappa shape index (κ3) is 10.8. The van der Waals surface area contributed by atoms with Gasteiger partial charge >= 0.3 is 6.09 Å². The van der Waals surface area contributed by atoms with Crippen LogP contribution in [0.3, 0.4) is 0 Å². The van der Waals surface area contributed by atoms with E-state index in [1.165, 1.54) is 55.6 Å². The average Bonchev–Trinajstić information content (AvgIpc) is 3.74. The van der Waals surface area contributed by atoms with Crippen molar-refractivity contribution in [3.8, 4) is 11.1 Å². The Morgan fingerprint density at radius 3 is 1.22 bits per heavy atom. The smallest absolute Gasteiger partial charge is 0.407 e. The molecule has 0 bridgehead atoms. The fourth-order valence-electron chi connectivity index (χ4n) is 10.4. The van der Waals surface area contributed by atoms with Gasteiger partial charge in [-0.15, -0.1) is 23.5 Å². The fourth-order valence-corrected chi connectivity index (χ4v) is 13.5. The van der Waals surface area contributed by atoms with Crippen LogP contribution in [0.4, 0.5) is 4.79 Å². The Morgan fingerprint density at radius 1 is 0.500 bits per heavy atom. The highest BCUT2D eigenvalue weighted by molar-refractivity contribution is 8.00. The second-order valence-electron chi connectivity index (χ2n) is 19.2. The number of carbonyl (C=O) groups is 2. The Balaban J connectivity index is 1.04. The zero-order chi connectivity index (χ0) is 49.9. The Bertz CT molecular complexity index is 2760. The number of rotatable bonds is 20. The number of hydrogen-bond acceptors (Lipinski definition) is 5. The van der Waals surface area contributed by atoms with Crippen LogP contribution < -0.4 is 5.32 Å². The zero-order valence-electron chi connectivity index (χ0n) is 41.7. The summed E-state index contributed by atoms with van der Waals surface area (Å²) in [6.07, 6.45) is -0.125.